The van der Waals surface area contributed by atoms with Gasteiger partial charge in [-0.3, -0.25) is 4.98 Å². The number of pyridine rings is 1. The maximum absolute atomic E-state index is 5.79. The van der Waals surface area contributed by atoms with Crippen molar-refractivity contribution in [1.82, 2.24) is 25.1 Å². The predicted molar refractivity (Wildman–Crippen MR) is 107 cm³/mol. The Bertz CT molecular complexity index is 1090. The lowest BCUT2D eigenvalue weighted by Gasteiger charge is -2.27. The van der Waals surface area contributed by atoms with Gasteiger partial charge in [-0.2, -0.15) is 0 Å². The van der Waals surface area contributed by atoms with Crippen LogP contribution in [0.2, 0.25) is 0 Å². The van der Waals surface area contributed by atoms with Crippen molar-refractivity contribution in [2.45, 2.75) is 0 Å². The average molecular weight is 386 g/mol. The van der Waals surface area contributed by atoms with Crippen molar-refractivity contribution >= 4 is 5.82 Å². The van der Waals surface area contributed by atoms with Gasteiger partial charge in [0.2, 0.25) is 5.89 Å². The Morgan fingerprint density at radius 3 is 2.34 bits per heavy atom. The molecule has 0 unspecified atom stereocenters. The van der Waals surface area contributed by atoms with Gasteiger partial charge in [-0.25, -0.2) is 9.97 Å². The number of aromatic nitrogens is 5. The highest BCUT2D eigenvalue weighted by atomic mass is 16.5. The van der Waals surface area contributed by atoms with Crippen LogP contribution < -0.4 is 4.90 Å². The Balaban J connectivity index is 1.39. The molecule has 3 aromatic heterocycles. The smallest absolute Gasteiger partial charge is 0.268 e. The Labute approximate surface area is 167 Å². The summed E-state index contributed by atoms with van der Waals surface area (Å²) in [4.78, 5) is 15.7. The Morgan fingerprint density at radius 2 is 1.55 bits per heavy atom. The van der Waals surface area contributed by atoms with Crippen molar-refractivity contribution < 1.29 is 9.15 Å². The Morgan fingerprint density at radius 1 is 0.759 bits per heavy atom. The van der Waals surface area contributed by atoms with Crippen molar-refractivity contribution in [3.8, 4) is 34.3 Å². The van der Waals surface area contributed by atoms with E-state index in [1.807, 2.05) is 48.7 Å². The molecular formula is C21H18N6O2. The molecule has 4 heterocycles. The summed E-state index contributed by atoms with van der Waals surface area (Å²) in [7, 11) is 0. The summed E-state index contributed by atoms with van der Waals surface area (Å²) >= 11 is 0. The van der Waals surface area contributed by atoms with Gasteiger partial charge in [-0.15, -0.1) is 10.2 Å². The van der Waals surface area contributed by atoms with Crippen LogP contribution in [0.4, 0.5) is 5.82 Å². The van der Waals surface area contributed by atoms with Crippen molar-refractivity contribution in [1.29, 1.82) is 0 Å². The lowest BCUT2D eigenvalue weighted by atomic mass is 10.2. The zero-order valence-electron chi connectivity index (χ0n) is 15.6. The van der Waals surface area contributed by atoms with E-state index in [1.165, 1.54) is 0 Å². The number of ether oxygens (including phenoxy) is 1. The molecule has 1 aliphatic rings. The van der Waals surface area contributed by atoms with Gasteiger partial charge in [0.15, 0.2) is 0 Å². The van der Waals surface area contributed by atoms with Gasteiger partial charge >= 0.3 is 0 Å². The topological polar surface area (TPSA) is 90.1 Å². The van der Waals surface area contributed by atoms with Crippen molar-refractivity contribution in [2.24, 2.45) is 0 Å². The Kier molecular flexibility index (Phi) is 4.67. The zero-order chi connectivity index (χ0) is 19.5. The minimum atomic E-state index is 0.330. The molecule has 29 heavy (non-hydrogen) atoms. The number of benzene rings is 1. The third-order valence-electron chi connectivity index (χ3n) is 4.68. The molecule has 1 fully saturated rings. The van der Waals surface area contributed by atoms with E-state index < -0.39 is 0 Å². The number of morpholine rings is 1. The van der Waals surface area contributed by atoms with Crippen LogP contribution in [0.1, 0.15) is 0 Å². The van der Waals surface area contributed by atoms with Crippen LogP contribution in [0.15, 0.2) is 65.5 Å². The molecule has 5 rings (SSSR count). The highest BCUT2D eigenvalue weighted by Gasteiger charge is 2.15. The van der Waals surface area contributed by atoms with Gasteiger partial charge in [-0.05, 0) is 24.3 Å². The fourth-order valence-electron chi connectivity index (χ4n) is 3.15. The summed E-state index contributed by atoms with van der Waals surface area (Å²) in [5.41, 5.74) is 2.95. The molecule has 0 spiro atoms. The standard InChI is InChI=1S/C21H18N6O2/c1-2-4-15(5-3-1)20-25-26-21(29-20)18-14-22-13-17(24-18)16-6-7-19(23-12-16)27-8-10-28-11-9-27/h1-7,12-14H,8-11H2. The van der Waals surface area contributed by atoms with Crippen LogP contribution in [0, 0.1) is 0 Å². The van der Waals surface area contributed by atoms with Crippen LogP contribution >= 0.6 is 0 Å². The van der Waals surface area contributed by atoms with Crippen LogP contribution in [-0.2, 0) is 4.74 Å². The van der Waals surface area contributed by atoms with Crippen molar-refractivity contribution in [3.05, 3.63) is 61.1 Å². The summed E-state index contributed by atoms with van der Waals surface area (Å²) < 4.78 is 11.2. The first-order valence-corrected chi connectivity index (χ1v) is 9.37. The molecule has 0 radical (unpaired) electrons. The lowest BCUT2D eigenvalue weighted by Crippen LogP contribution is -2.36. The van der Waals surface area contributed by atoms with E-state index in [0.717, 1.165) is 43.2 Å². The molecule has 4 aromatic rings. The fourth-order valence-corrected chi connectivity index (χ4v) is 3.15. The molecule has 0 amide bonds. The van der Waals surface area contributed by atoms with Crippen molar-refractivity contribution in [2.75, 3.05) is 31.2 Å². The summed E-state index contributed by atoms with van der Waals surface area (Å²) in [5.74, 6) is 1.71. The third kappa shape index (κ3) is 3.70. The number of rotatable bonds is 4. The molecular weight excluding hydrogens is 368 g/mol. The van der Waals surface area contributed by atoms with Gasteiger partial charge in [0.1, 0.15) is 11.5 Å². The maximum atomic E-state index is 5.79. The number of hydrogen-bond donors (Lipinski definition) is 0. The summed E-state index contributed by atoms with van der Waals surface area (Å²) in [6.45, 7) is 3.16. The molecule has 1 aliphatic heterocycles. The molecule has 8 nitrogen and oxygen atoms in total. The van der Waals surface area contributed by atoms with Crippen LogP contribution in [0.3, 0.4) is 0 Å². The molecule has 0 atom stereocenters. The molecule has 0 saturated carbocycles. The SMILES string of the molecule is c1ccc(-c2nnc(-c3cncc(-c4ccc(N5CCOCC5)nc4)n3)o2)cc1. The van der Waals surface area contributed by atoms with Crippen LogP contribution in [0.5, 0.6) is 0 Å². The molecule has 1 aromatic carbocycles. The predicted octanol–water partition coefficient (Wildman–Crippen LogP) is 3.09. The van der Waals surface area contributed by atoms with E-state index in [4.69, 9.17) is 9.15 Å². The van der Waals surface area contributed by atoms with Crippen LogP contribution in [-0.4, -0.2) is 51.5 Å². The van der Waals surface area contributed by atoms with Gasteiger partial charge in [0.25, 0.3) is 5.89 Å². The van der Waals surface area contributed by atoms with E-state index in [0.29, 0.717) is 23.2 Å². The van der Waals surface area contributed by atoms with E-state index >= 15 is 0 Å². The number of anilines is 1. The van der Waals surface area contributed by atoms with E-state index in [1.54, 1.807) is 12.4 Å². The van der Waals surface area contributed by atoms with Gasteiger partial charge in [0, 0.05) is 30.4 Å². The third-order valence-corrected chi connectivity index (χ3v) is 4.68. The average Bonchev–Trinajstić information content (AvgIpc) is 3.31. The largest absolute Gasteiger partial charge is 0.415 e. The summed E-state index contributed by atoms with van der Waals surface area (Å²) in [6, 6.07) is 13.6. The van der Waals surface area contributed by atoms with E-state index in [9.17, 15) is 0 Å². The van der Waals surface area contributed by atoms with Gasteiger partial charge in [0.05, 0.1) is 31.3 Å². The maximum Gasteiger partial charge on any atom is 0.268 e. The normalized spacial score (nSPS) is 14.1. The molecule has 0 aliphatic carbocycles. The second-order valence-electron chi connectivity index (χ2n) is 6.57. The first-order valence-electron chi connectivity index (χ1n) is 9.37. The van der Waals surface area contributed by atoms with Gasteiger partial charge < -0.3 is 14.1 Å². The van der Waals surface area contributed by atoms with Crippen LogP contribution in [0.25, 0.3) is 34.3 Å². The fraction of sp³-hybridized carbons (Fsp3) is 0.190. The summed E-state index contributed by atoms with van der Waals surface area (Å²) in [5, 5.41) is 8.24. The lowest BCUT2D eigenvalue weighted by molar-refractivity contribution is 0.122. The molecule has 8 heteroatoms. The molecule has 0 N–H and O–H groups in total. The molecule has 1 saturated heterocycles. The minimum Gasteiger partial charge on any atom is -0.415 e. The molecule has 144 valence electrons. The van der Waals surface area contributed by atoms with Crippen molar-refractivity contribution in [3.63, 3.8) is 0 Å². The van der Waals surface area contributed by atoms with E-state index in [-0.39, 0.29) is 0 Å². The monoisotopic (exact) mass is 386 g/mol. The van der Waals surface area contributed by atoms with Gasteiger partial charge in [-0.1, -0.05) is 18.2 Å². The minimum absolute atomic E-state index is 0.330. The first kappa shape index (κ1) is 17.4. The number of hydrogen-bond acceptors (Lipinski definition) is 8. The highest BCUT2D eigenvalue weighted by Crippen LogP contribution is 2.25. The second-order valence-corrected chi connectivity index (χ2v) is 6.57. The second kappa shape index (κ2) is 7.76. The highest BCUT2D eigenvalue weighted by molar-refractivity contribution is 5.62. The van der Waals surface area contributed by atoms with E-state index in [2.05, 4.69) is 30.0 Å². The Hall–Kier alpha value is -3.65. The zero-order valence-corrected chi connectivity index (χ0v) is 15.6. The molecule has 0 bridgehead atoms. The summed E-state index contributed by atoms with van der Waals surface area (Å²) in [6.07, 6.45) is 5.12. The quantitative estimate of drug-likeness (QED) is 0.528. The number of nitrogens with zero attached hydrogens (tertiary/aromatic N) is 6. The first-order chi connectivity index (χ1) is 14.4.